The van der Waals surface area contributed by atoms with Crippen LogP contribution in [0.15, 0.2) is 49.4 Å². The maximum atomic E-state index is 4.91. The SMILES string of the molecule is C=C(C)c1ccc(-c2nccc3[nH]c(-c4n[nH]c5cnc(-c6cnc(C)n6C)cc45)nc23)s1. The summed E-state index contributed by atoms with van der Waals surface area (Å²) in [5.74, 6) is 1.61. The summed E-state index contributed by atoms with van der Waals surface area (Å²) in [7, 11) is 1.98. The molecule has 33 heavy (non-hydrogen) atoms. The van der Waals surface area contributed by atoms with Crippen LogP contribution in [-0.4, -0.2) is 39.7 Å². The Balaban J connectivity index is 1.49. The Bertz CT molecular complexity index is 1680. The molecule has 162 valence electrons. The second-order valence-corrected chi connectivity index (χ2v) is 9.11. The highest BCUT2D eigenvalue weighted by atomic mass is 32.1. The van der Waals surface area contributed by atoms with Crippen molar-refractivity contribution in [3.63, 3.8) is 0 Å². The number of nitrogens with one attached hydrogen (secondary N) is 2. The minimum atomic E-state index is 0.681. The van der Waals surface area contributed by atoms with Crippen LogP contribution in [0.3, 0.4) is 0 Å². The molecule has 0 radical (unpaired) electrons. The normalized spacial score (nSPS) is 11.6. The Morgan fingerprint density at radius 2 is 1.94 bits per heavy atom. The van der Waals surface area contributed by atoms with Crippen molar-refractivity contribution in [2.75, 3.05) is 0 Å². The highest BCUT2D eigenvalue weighted by Gasteiger charge is 2.18. The molecule has 9 heteroatoms. The van der Waals surface area contributed by atoms with Gasteiger partial charge in [0.2, 0.25) is 0 Å². The second kappa shape index (κ2) is 7.21. The number of H-pyrrole nitrogens is 2. The fourth-order valence-corrected chi connectivity index (χ4v) is 4.83. The predicted octanol–water partition coefficient (Wildman–Crippen LogP) is 5.37. The van der Waals surface area contributed by atoms with Gasteiger partial charge in [0.1, 0.15) is 22.7 Å². The van der Waals surface area contributed by atoms with Gasteiger partial charge in [-0.15, -0.1) is 11.3 Å². The molecule has 0 spiro atoms. The highest BCUT2D eigenvalue weighted by Crippen LogP contribution is 2.35. The lowest BCUT2D eigenvalue weighted by Gasteiger charge is -2.03. The number of nitrogens with zero attached hydrogens (tertiary/aromatic N) is 6. The van der Waals surface area contributed by atoms with Crippen LogP contribution in [0.1, 0.15) is 17.6 Å². The van der Waals surface area contributed by atoms with E-state index in [-0.39, 0.29) is 0 Å². The summed E-state index contributed by atoms with van der Waals surface area (Å²) in [6.45, 7) is 8.02. The maximum absolute atomic E-state index is 4.91. The van der Waals surface area contributed by atoms with E-state index in [4.69, 9.17) is 4.98 Å². The molecule has 0 unspecified atom stereocenters. The first-order valence-corrected chi connectivity index (χ1v) is 11.2. The Kier molecular flexibility index (Phi) is 4.27. The van der Waals surface area contributed by atoms with Crippen LogP contribution in [0.5, 0.6) is 0 Å². The van der Waals surface area contributed by atoms with Crippen LogP contribution in [0, 0.1) is 6.92 Å². The van der Waals surface area contributed by atoms with Crippen LogP contribution < -0.4 is 0 Å². The number of imidazole rings is 2. The average molecular weight is 453 g/mol. The van der Waals surface area contributed by atoms with Crippen LogP contribution in [0.25, 0.3) is 61.0 Å². The standard InChI is InChI=1S/C24H20N8S/c1-12(2)19-5-6-20(33-19)23-22-15(7-8-25-23)28-24(29-22)21-14-9-16(27-10-17(14)30-31-21)18-11-26-13(3)32(18)4/h5-11H,1H2,2-4H3,(H,28,29)(H,30,31). The lowest BCUT2D eigenvalue weighted by Crippen LogP contribution is -1.95. The largest absolute Gasteiger partial charge is 0.336 e. The number of hydrogen-bond donors (Lipinski definition) is 2. The molecule has 6 aromatic rings. The number of pyridine rings is 2. The fraction of sp³-hybridized carbons (Fsp3) is 0.125. The monoisotopic (exact) mass is 452 g/mol. The van der Waals surface area contributed by atoms with Crippen molar-refractivity contribution in [2.24, 2.45) is 7.05 Å². The molecule has 0 fully saturated rings. The molecule has 0 amide bonds. The molecule has 0 aromatic carbocycles. The molecule has 0 aliphatic heterocycles. The first kappa shape index (κ1) is 19.6. The van der Waals surface area contributed by atoms with Gasteiger partial charge in [-0.25, -0.2) is 9.97 Å². The van der Waals surface area contributed by atoms with Crippen molar-refractivity contribution in [3.8, 4) is 33.5 Å². The van der Waals surface area contributed by atoms with Gasteiger partial charge in [-0.1, -0.05) is 6.58 Å². The van der Waals surface area contributed by atoms with Crippen LogP contribution in [0.4, 0.5) is 0 Å². The van der Waals surface area contributed by atoms with E-state index in [2.05, 4.69) is 48.8 Å². The van der Waals surface area contributed by atoms with Crippen molar-refractivity contribution in [3.05, 3.63) is 60.1 Å². The molecular formula is C24H20N8S. The summed E-state index contributed by atoms with van der Waals surface area (Å²) < 4.78 is 2.02. The molecule has 0 aliphatic rings. The molecular weight excluding hydrogens is 432 g/mol. The number of aromatic amines is 2. The summed E-state index contributed by atoms with van der Waals surface area (Å²) in [4.78, 5) is 24.1. The first-order valence-electron chi connectivity index (χ1n) is 10.4. The van der Waals surface area contributed by atoms with Crippen molar-refractivity contribution in [1.82, 2.24) is 39.7 Å². The molecule has 0 aliphatic carbocycles. The van der Waals surface area contributed by atoms with Crippen molar-refractivity contribution in [2.45, 2.75) is 13.8 Å². The molecule has 6 heterocycles. The van der Waals surface area contributed by atoms with E-state index >= 15 is 0 Å². The van der Waals surface area contributed by atoms with Crippen LogP contribution >= 0.6 is 11.3 Å². The number of hydrogen-bond acceptors (Lipinski definition) is 6. The lowest BCUT2D eigenvalue weighted by molar-refractivity contribution is 0.862. The van der Waals surface area contributed by atoms with Gasteiger partial charge in [-0.3, -0.25) is 15.1 Å². The molecule has 8 nitrogen and oxygen atoms in total. The Labute approximate surface area is 193 Å². The summed E-state index contributed by atoms with van der Waals surface area (Å²) in [5.41, 5.74) is 6.97. The molecule has 0 bridgehead atoms. The van der Waals surface area contributed by atoms with Crippen molar-refractivity contribution >= 4 is 38.8 Å². The van der Waals surface area contributed by atoms with Gasteiger partial charge < -0.3 is 9.55 Å². The van der Waals surface area contributed by atoms with Gasteiger partial charge >= 0.3 is 0 Å². The third-order valence-electron chi connectivity index (χ3n) is 5.82. The Hall–Kier alpha value is -4.11. The van der Waals surface area contributed by atoms with E-state index in [9.17, 15) is 0 Å². The first-order chi connectivity index (χ1) is 16.0. The zero-order valence-corrected chi connectivity index (χ0v) is 19.2. The quantitative estimate of drug-likeness (QED) is 0.375. The van der Waals surface area contributed by atoms with Crippen LogP contribution in [-0.2, 0) is 7.05 Å². The second-order valence-electron chi connectivity index (χ2n) is 8.02. The van der Waals surface area contributed by atoms with Crippen molar-refractivity contribution < 1.29 is 0 Å². The Morgan fingerprint density at radius 3 is 2.70 bits per heavy atom. The van der Waals surface area contributed by atoms with Gasteiger partial charge in [-0.05, 0) is 43.7 Å². The van der Waals surface area contributed by atoms with Gasteiger partial charge in [-0.2, -0.15) is 5.10 Å². The zero-order chi connectivity index (χ0) is 22.7. The fourth-order valence-electron chi connectivity index (χ4n) is 3.90. The highest BCUT2D eigenvalue weighted by molar-refractivity contribution is 7.16. The molecule has 6 aromatic heterocycles. The minimum absolute atomic E-state index is 0.681. The van der Waals surface area contributed by atoms with Gasteiger partial charge in [0.15, 0.2) is 5.82 Å². The summed E-state index contributed by atoms with van der Waals surface area (Å²) in [6, 6.07) is 8.10. The summed E-state index contributed by atoms with van der Waals surface area (Å²) >= 11 is 1.67. The van der Waals surface area contributed by atoms with Crippen molar-refractivity contribution in [1.29, 1.82) is 0 Å². The van der Waals surface area contributed by atoms with E-state index in [1.165, 1.54) is 0 Å². The minimum Gasteiger partial charge on any atom is -0.336 e. The number of allylic oxidation sites excluding steroid dienone is 1. The lowest BCUT2D eigenvalue weighted by atomic mass is 10.2. The third-order valence-corrected chi connectivity index (χ3v) is 7.07. The summed E-state index contributed by atoms with van der Waals surface area (Å²) in [6.07, 6.45) is 5.43. The smallest absolute Gasteiger partial charge is 0.159 e. The van der Waals surface area contributed by atoms with Gasteiger partial charge in [0.25, 0.3) is 0 Å². The number of aromatic nitrogens is 8. The number of aryl methyl sites for hydroxylation is 1. The topological polar surface area (TPSA) is 101 Å². The van der Waals surface area contributed by atoms with E-state index in [1.807, 2.05) is 43.8 Å². The Morgan fingerprint density at radius 1 is 1.06 bits per heavy atom. The van der Waals surface area contributed by atoms with E-state index in [0.717, 1.165) is 65.9 Å². The zero-order valence-electron chi connectivity index (χ0n) is 18.3. The molecule has 0 saturated heterocycles. The van der Waals surface area contributed by atoms with Gasteiger partial charge in [0, 0.05) is 23.5 Å². The predicted molar refractivity (Wildman–Crippen MR) is 132 cm³/mol. The van der Waals surface area contributed by atoms with Crippen LogP contribution in [0.2, 0.25) is 0 Å². The van der Waals surface area contributed by atoms with E-state index in [1.54, 1.807) is 23.7 Å². The maximum Gasteiger partial charge on any atom is 0.159 e. The molecule has 0 saturated carbocycles. The number of thiophene rings is 1. The van der Waals surface area contributed by atoms with E-state index < -0.39 is 0 Å². The third kappa shape index (κ3) is 3.08. The molecule has 2 N–H and O–H groups in total. The molecule has 6 rings (SSSR count). The molecule has 0 atom stereocenters. The number of fused-ring (bicyclic) bond motifs is 2. The van der Waals surface area contributed by atoms with E-state index in [0.29, 0.717) is 5.82 Å². The average Bonchev–Trinajstić information content (AvgIpc) is 3.59. The summed E-state index contributed by atoms with van der Waals surface area (Å²) in [5, 5.41) is 8.55. The number of rotatable bonds is 4. The van der Waals surface area contributed by atoms with Gasteiger partial charge in [0.05, 0.1) is 39.7 Å².